The van der Waals surface area contributed by atoms with Crippen LogP contribution in [0.4, 0.5) is 0 Å². The van der Waals surface area contributed by atoms with Gasteiger partial charge in [-0.3, -0.25) is 18.2 Å². The normalized spacial score (nSPS) is 12.0. The van der Waals surface area contributed by atoms with Gasteiger partial charge in [0.1, 0.15) is 0 Å². The molecular weight excluding hydrogens is 432 g/mol. The minimum Gasteiger partial charge on any atom is -0.412 e. The highest BCUT2D eigenvalue weighted by atomic mass is 32.3. The van der Waals surface area contributed by atoms with Gasteiger partial charge < -0.3 is 5.48 Å². The Kier molecular flexibility index (Phi) is 8.85. The van der Waals surface area contributed by atoms with Gasteiger partial charge in [0.05, 0.1) is 19.6 Å². The first-order valence-corrected chi connectivity index (χ1v) is 12.3. The van der Waals surface area contributed by atoms with E-state index in [4.69, 9.17) is 0 Å². The Bertz CT molecular complexity index is 859. The van der Waals surface area contributed by atoms with E-state index in [1.165, 1.54) is 0 Å². The summed E-state index contributed by atoms with van der Waals surface area (Å²) in [7, 11) is -5.68. The lowest BCUT2D eigenvalue weighted by atomic mass is 10.4. The maximum atomic E-state index is 10.1. The summed E-state index contributed by atoms with van der Waals surface area (Å²) in [5.41, 5.74) is 0. The molecule has 0 aromatic heterocycles. The second kappa shape index (κ2) is 11.1. The van der Waals surface area contributed by atoms with Crippen LogP contribution in [0.3, 0.4) is 0 Å². The van der Waals surface area contributed by atoms with E-state index in [9.17, 15) is 18.2 Å². The first-order valence-electron chi connectivity index (χ1n) is 9.19. The number of hydrogen-bond donors (Lipinski definition) is 4. The lowest BCUT2D eigenvalue weighted by molar-refractivity contribution is 0.485. The lowest BCUT2D eigenvalue weighted by Gasteiger charge is -2.32. The zero-order valence-electron chi connectivity index (χ0n) is 16.7. The van der Waals surface area contributed by atoms with Gasteiger partial charge in [0.25, 0.3) is 0 Å². The number of benzene rings is 4. The fraction of sp³-hybridized carbons (Fsp3) is 0. The van der Waals surface area contributed by atoms with E-state index in [0.29, 0.717) is 19.6 Å². The molecule has 0 heterocycles. The monoisotopic (exact) mass is 458 g/mol. The Balaban J connectivity index is 0.000000213. The van der Waals surface area contributed by atoms with Crippen molar-refractivity contribution in [3.63, 3.8) is 0 Å². The Morgan fingerprint density at radius 2 is 0.484 bits per heavy atom. The van der Waals surface area contributed by atoms with Gasteiger partial charge in [-0.05, 0) is 48.5 Å². The van der Waals surface area contributed by atoms with Gasteiger partial charge in [-0.25, -0.2) is 0 Å². The third-order valence-electron chi connectivity index (χ3n) is 4.29. The quantitative estimate of drug-likeness (QED) is 0.267. The highest BCUT2D eigenvalue weighted by Gasteiger charge is 2.18. The molecule has 0 aliphatic carbocycles. The van der Waals surface area contributed by atoms with E-state index in [1.54, 1.807) is 97.1 Å². The fourth-order valence-corrected chi connectivity index (χ4v) is 5.40. The van der Waals surface area contributed by atoms with Crippen molar-refractivity contribution < 1.29 is 23.7 Å². The Morgan fingerprint density at radius 3 is 0.645 bits per heavy atom. The summed E-state index contributed by atoms with van der Waals surface area (Å²) in [5, 5.41) is 0. The molecule has 5 nitrogen and oxygen atoms in total. The maximum absolute atomic E-state index is 10.1. The predicted molar refractivity (Wildman–Crippen MR) is 128 cm³/mol. The average molecular weight is 459 g/mol. The molecule has 6 N–H and O–H groups in total. The van der Waals surface area contributed by atoms with Crippen molar-refractivity contribution >= 4 is 21.2 Å². The molecule has 164 valence electrons. The zero-order chi connectivity index (χ0) is 21.5. The van der Waals surface area contributed by atoms with Gasteiger partial charge in [-0.2, -0.15) is 0 Å². The lowest BCUT2D eigenvalue weighted by Crippen LogP contribution is -1.98. The van der Waals surface area contributed by atoms with Gasteiger partial charge in [0, 0.05) is 0 Å². The molecule has 0 spiro atoms. The molecule has 0 amide bonds. The van der Waals surface area contributed by atoms with Crippen LogP contribution in [0.25, 0.3) is 0 Å². The van der Waals surface area contributed by atoms with E-state index in [-0.39, 0.29) is 5.48 Å². The topological polar surface area (TPSA) is 112 Å². The Labute approximate surface area is 185 Å². The highest BCUT2D eigenvalue weighted by Crippen LogP contribution is 2.55. The van der Waals surface area contributed by atoms with Crippen LogP contribution in [0.1, 0.15) is 0 Å². The van der Waals surface area contributed by atoms with E-state index >= 15 is 0 Å². The standard InChI is InChI=1S/2C12H12O2S.H2O/c2*13-15(14,11-7-3-1-4-8-11)12-9-5-2-6-10-12;/h2*1-10,13-14H;1H2. The minimum absolute atomic E-state index is 0. The van der Waals surface area contributed by atoms with Crippen LogP contribution >= 0.6 is 21.2 Å². The average Bonchev–Trinajstić information content (AvgIpc) is 2.82. The van der Waals surface area contributed by atoms with Gasteiger partial charge in [0.15, 0.2) is 0 Å². The van der Waals surface area contributed by atoms with Gasteiger partial charge >= 0.3 is 0 Å². The Hall–Kier alpha value is -2.62. The molecule has 0 saturated carbocycles. The molecule has 0 fully saturated rings. The number of rotatable bonds is 4. The minimum atomic E-state index is -2.84. The van der Waals surface area contributed by atoms with Crippen LogP contribution in [0.5, 0.6) is 0 Å². The van der Waals surface area contributed by atoms with E-state index in [2.05, 4.69) is 0 Å². The van der Waals surface area contributed by atoms with E-state index < -0.39 is 21.2 Å². The molecule has 7 heteroatoms. The highest BCUT2D eigenvalue weighted by molar-refractivity contribution is 8.24. The van der Waals surface area contributed by atoms with Crippen molar-refractivity contribution in [2.75, 3.05) is 0 Å². The summed E-state index contributed by atoms with van der Waals surface area (Å²) in [4.78, 5) is 2.21. The predicted octanol–water partition coefficient (Wildman–Crippen LogP) is 6.89. The zero-order valence-corrected chi connectivity index (χ0v) is 18.3. The third kappa shape index (κ3) is 6.19. The first kappa shape index (κ1) is 24.6. The molecular formula is C24H26O5S2. The van der Waals surface area contributed by atoms with Crippen LogP contribution < -0.4 is 0 Å². The molecule has 0 atom stereocenters. The molecule has 0 unspecified atom stereocenters. The van der Waals surface area contributed by atoms with Crippen molar-refractivity contribution in [3.05, 3.63) is 121 Å². The second-order valence-electron chi connectivity index (χ2n) is 6.35. The molecule has 31 heavy (non-hydrogen) atoms. The third-order valence-corrected chi connectivity index (χ3v) is 8.01. The maximum Gasteiger partial charge on any atom is 0.0636 e. The molecule has 4 rings (SSSR count). The van der Waals surface area contributed by atoms with Gasteiger partial charge in [0.2, 0.25) is 0 Å². The first-order chi connectivity index (χ1) is 14.4. The molecule has 0 saturated heterocycles. The van der Waals surface area contributed by atoms with Crippen LogP contribution in [-0.2, 0) is 0 Å². The fourth-order valence-electron chi connectivity index (χ4n) is 2.71. The molecule has 4 aromatic carbocycles. The summed E-state index contributed by atoms with van der Waals surface area (Å²) in [6.07, 6.45) is 0. The largest absolute Gasteiger partial charge is 0.412 e. The van der Waals surface area contributed by atoms with Crippen molar-refractivity contribution in [1.29, 1.82) is 0 Å². The van der Waals surface area contributed by atoms with Crippen LogP contribution in [0.2, 0.25) is 0 Å². The van der Waals surface area contributed by atoms with Crippen LogP contribution in [-0.4, -0.2) is 23.7 Å². The van der Waals surface area contributed by atoms with E-state index in [0.717, 1.165) is 0 Å². The van der Waals surface area contributed by atoms with Crippen molar-refractivity contribution in [3.8, 4) is 0 Å². The molecule has 0 aliphatic rings. The van der Waals surface area contributed by atoms with Crippen molar-refractivity contribution in [2.45, 2.75) is 19.6 Å². The van der Waals surface area contributed by atoms with Crippen molar-refractivity contribution in [2.24, 2.45) is 0 Å². The summed E-state index contributed by atoms with van der Waals surface area (Å²) >= 11 is 0. The molecule has 0 radical (unpaired) electrons. The van der Waals surface area contributed by atoms with Crippen LogP contribution in [0, 0.1) is 0 Å². The second-order valence-corrected chi connectivity index (χ2v) is 10.4. The summed E-state index contributed by atoms with van der Waals surface area (Å²) in [5.74, 6) is 0. The summed E-state index contributed by atoms with van der Waals surface area (Å²) in [6, 6.07) is 35.6. The molecule has 0 bridgehead atoms. The van der Waals surface area contributed by atoms with Gasteiger partial charge in [-0.15, -0.1) is 21.2 Å². The van der Waals surface area contributed by atoms with Gasteiger partial charge in [-0.1, -0.05) is 72.8 Å². The number of hydrogen-bond acceptors (Lipinski definition) is 4. The molecule has 0 aliphatic heterocycles. The SMILES string of the molecule is O.OS(O)(c1ccccc1)c1ccccc1.OS(O)(c1ccccc1)c1ccccc1. The molecule has 4 aromatic rings. The van der Waals surface area contributed by atoms with Crippen LogP contribution in [0.15, 0.2) is 141 Å². The van der Waals surface area contributed by atoms with E-state index in [1.807, 2.05) is 24.3 Å². The summed E-state index contributed by atoms with van der Waals surface area (Å²) in [6.45, 7) is 0. The van der Waals surface area contributed by atoms with Crippen molar-refractivity contribution in [1.82, 2.24) is 0 Å². The summed E-state index contributed by atoms with van der Waals surface area (Å²) < 4.78 is 40.4. The Morgan fingerprint density at radius 1 is 0.323 bits per heavy atom. The smallest absolute Gasteiger partial charge is 0.0636 e.